The fourth-order valence-corrected chi connectivity index (χ4v) is 3.40. The van der Waals surface area contributed by atoms with Gasteiger partial charge < -0.3 is 9.47 Å². The van der Waals surface area contributed by atoms with Gasteiger partial charge in [0.1, 0.15) is 5.75 Å². The molecule has 0 aliphatic carbocycles. The number of aromatic nitrogens is 1. The van der Waals surface area contributed by atoms with Crippen LogP contribution in [-0.4, -0.2) is 12.0 Å². The third-order valence-corrected chi connectivity index (χ3v) is 4.37. The summed E-state index contributed by atoms with van der Waals surface area (Å²) in [6.07, 6.45) is 1.84. The SMILES string of the molecule is Cc1ccc2c(c1)N1B(O2)c2cccnc2-c2ccccc21. The second-order valence-electron chi connectivity index (χ2n) is 5.77. The fourth-order valence-electron chi connectivity index (χ4n) is 3.40. The van der Waals surface area contributed by atoms with Crippen LogP contribution in [0.25, 0.3) is 11.3 Å². The highest BCUT2D eigenvalue weighted by Crippen LogP contribution is 2.46. The molecule has 0 unspecified atom stereocenters. The van der Waals surface area contributed by atoms with E-state index in [1.165, 1.54) is 5.56 Å². The second-order valence-corrected chi connectivity index (χ2v) is 5.77. The van der Waals surface area contributed by atoms with Crippen LogP contribution < -0.4 is 14.9 Å². The average Bonchev–Trinajstić information content (AvgIpc) is 2.94. The summed E-state index contributed by atoms with van der Waals surface area (Å²) < 4.78 is 6.24. The van der Waals surface area contributed by atoms with Crippen LogP contribution in [-0.2, 0) is 0 Å². The van der Waals surface area contributed by atoms with Crippen molar-refractivity contribution < 1.29 is 4.65 Å². The highest BCUT2D eigenvalue weighted by atomic mass is 16.5. The molecule has 104 valence electrons. The Morgan fingerprint density at radius 2 is 1.91 bits per heavy atom. The molecule has 0 saturated carbocycles. The third kappa shape index (κ3) is 1.44. The minimum absolute atomic E-state index is 0.129. The van der Waals surface area contributed by atoms with Crippen LogP contribution in [0.3, 0.4) is 0 Å². The number of pyridine rings is 1. The van der Waals surface area contributed by atoms with E-state index in [1.54, 1.807) is 0 Å². The zero-order chi connectivity index (χ0) is 14.7. The molecule has 3 heterocycles. The van der Waals surface area contributed by atoms with Crippen molar-refractivity contribution in [2.75, 3.05) is 4.81 Å². The lowest BCUT2D eigenvalue weighted by atomic mass is 9.66. The van der Waals surface area contributed by atoms with Crippen molar-refractivity contribution in [3.05, 3.63) is 66.4 Å². The maximum absolute atomic E-state index is 6.24. The molecule has 0 radical (unpaired) electrons. The van der Waals surface area contributed by atoms with Crippen LogP contribution in [0.2, 0.25) is 0 Å². The van der Waals surface area contributed by atoms with Gasteiger partial charge >= 0.3 is 7.05 Å². The molecule has 2 aliphatic rings. The number of benzene rings is 2. The predicted octanol–water partition coefficient (Wildman–Crippen LogP) is 3.30. The van der Waals surface area contributed by atoms with Gasteiger partial charge in [-0.05, 0) is 36.8 Å². The van der Waals surface area contributed by atoms with Gasteiger partial charge in [-0.15, -0.1) is 0 Å². The van der Waals surface area contributed by atoms with Crippen LogP contribution in [0.15, 0.2) is 60.8 Å². The maximum atomic E-state index is 6.24. The lowest BCUT2D eigenvalue weighted by molar-refractivity contribution is 0.603. The molecular weight excluding hydrogens is 271 g/mol. The minimum atomic E-state index is -0.129. The van der Waals surface area contributed by atoms with Gasteiger partial charge in [0.05, 0.1) is 11.4 Å². The number of anilines is 2. The molecule has 3 aromatic rings. The van der Waals surface area contributed by atoms with Crippen molar-refractivity contribution in [1.82, 2.24) is 4.98 Å². The molecule has 0 saturated heterocycles. The number of aryl methyl sites for hydroxylation is 1. The third-order valence-electron chi connectivity index (χ3n) is 4.37. The summed E-state index contributed by atoms with van der Waals surface area (Å²) in [5.41, 5.74) is 6.82. The Labute approximate surface area is 129 Å². The van der Waals surface area contributed by atoms with Gasteiger partial charge in [0.15, 0.2) is 0 Å². The van der Waals surface area contributed by atoms with Crippen LogP contribution >= 0.6 is 0 Å². The number of hydrogen-bond acceptors (Lipinski definition) is 3. The van der Waals surface area contributed by atoms with E-state index in [2.05, 4.69) is 65.2 Å². The van der Waals surface area contributed by atoms with Gasteiger partial charge in [-0.1, -0.05) is 30.3 Å². The molecule has 1 aromatic heterocycles. The van der Waals surface area contributed by atoms with Crippen molar-refractivity contribution in [2.24, 2.45) is 0 Å². The Bertz CT molecular complexity index is 909. The number of nitrogens with zero attached hydrogens (tertiary/aromatic N) is 2. The van der Waals surface area contributed by atoms with E-state index in [0.717, 1.165) is 33.8 Å². The first-order valence-corrected chi connectivity index (χ1v) is 7.44. The zero-order valence-corrected chi connectivity index (χ0v) is 12.2. The lowest BCUT2D eigenvalue weighted by Crippen LogP contribution is -2.50. The summed E-state index contributed by atoms with van der Waals surface area (Å²) in [5.74, 6) is 0.933. The number of para-hydroxylation sites is 1. The molecule has 4 heteroatoms. The minimum Gasteiger partial charge on any atom is -0.536 e. The molecule has 0 amide bonds. The molecule has 0 N–H and O–H groups in total. The summed E-state index contributed by atoms with van der Waals surface area (Å²) in [5, 5.41) is 0. The Balaban J connectivity index is 1.84. The summed E-state index contributed by atoms with van der Waals surface area (Å²) in [6.45, 7) is 2.11. The quantitative estimate of drug-likeness (QED) is 0.592. The molecule has 2 aliphatic heterocycles. The summed E-state index contributed by atoms with van der Waals surface area (Å²) >= 11 is 0. The van der Waals surface area contributed by atoms with Gasteiger partial charge in [0, 0.05) is 22.9 Å². The van der Waals surface area contributed by atoms with Crippen molar-refractivity contribution in [3.8, 4) is 17.0 Å². The molecule has 0 spiro atoms. The van der Waals surface area contributed by atoms with Gasteiger partial charge in [-0.25, -0.2) is 0 Å². The molecular formula is C18H13BN2O. The van der Waals surface area contributed by atoms with Crippen molar-refractivity contribution in [3.63, 3.8) is 0 Å². The van der Waals surface area contributed by atoms with E-state index >= 15 is 0 Å². The molecule has 0 bridgehead atoms. The number of fused-ring (bicyclic) bond motifs is 8. The molecule has 0 atom stereocenters. The Kier molecular flexibility index (Phi) is 2.23. The van der Waals surface area contributed by atoms with E-state index < -0.39 is 0 Å². The van der Waals surface area contributed by atoms with Gasteiger partial charge in [0.2, 0.25) is 0 Å². The van der Waals surface area contributed by atoms with Gasteiger partial charge in [-0.2, -0.15) is 0 Å². The first-order chi connectivity index (χ1) is 10.8. The molecule has 22 heavy (non-hydrogen) atoms. The Morgan fingerprint density at radius 3 is 2.86 bits per heavy atom. The normalized spacial score (nSPS) is 13.9. The smallest absolute Gasteiger partial charge is 0.526 e. The van der Waals surface area contributed by atoms with Crippen molar-refractivity contribution >= 4 is 23.9 Å². The molecule has 3 nitrogen and oxygen atoms in total. The highest BCUT2D eigenvalue weighted by Gasteiger charge is 2.45. The maximum Gasteiger partial charge on any atom is 0.526 e. The first kappa shape index (κ1) is 11.9. The molecule has 0 fully saturated rings. The molecule has 5 rings (SSSR count). The van der Waals surface area contributed by atoms with Crippen LogP contribution in [0.4, 0.5) is 11.4 Å². The topological polar surface area (TPSA) is 25.4 Å². The summed E-state index contributed by atoms with van der Waals surface area (Å²) in [7, 11) is -0.129. The van der Waals surface area contributed by atoms with Gasteiger partial charge in [-0.3, -0.25) is 4.98 Å². The molecule has 2 aromatic carbocycles. The summed E-state index contributed by atoms with van der Waals surface area (Å²) in [6, 6.07) is 18.8. The van der Waals surface area contributed by atoms with E-state index in [9.17, 15) is 0 Å². The van der Waals surface area contributed by atoms with Crippen molar-refractivity contribution in [1.29, 1.82) is 0 Å². The first-order valence-electron chi connectivity index (χ1n) is 7.44. The monoisotopic (exact) mass is 284 g/mol. The number of rotatable bonds is 0. The summed E-state index contributed by atoms with van der Waals surface area (Å²) in [4.78, 5) is 6.87. The second kappa shape index (κ2) is 4.13. The number of hydrogen-bond donors (Lipinski definition) is 0. The van der Waals surface area contributed by atoms with Crippen LogP contribution in [0.1, 0.15) is 5.56 Å². The average molecular weight is 284 g/mol. The van der Waals surface area contributed by atoms with E-state index in [4.69, 9.17) is 4.65 Å². The zero-order valence-electron chi connectivity index (χ0n) is 12.2. The lowest BCUT2D eigenvalue weighted by Gasteiger charge is -2.30. The largest absolute Gasteiger partial charge is 0.536 e. The standard InChI is InChI=1S/C18H13BN2O/c1-12-8-9-17-16(11-12)21-15-7-3-2-5-13(15)18-14(19(21)22-17)6-4-10-20-18/h2-11H,1H3. The highest BCUT2D eigenvalue weighted by molar-refractivity contribution is 6.76. The van der Waals surface area contributed by atoms with E-state index in [1.807, 2.05) is 12.3 Å². The van der Waals surface area contributed by atoms with E-state index in [-0.39, 0.29) is 7.05 Å². The van der Waals surface area contributed by atoms with Crippen LogP contribution in [0, 0.1) is 6.92 Å². The fraction of sp³-hybridized carbons (Fsp3) is 0.0556. The van der Waals surface area contributed by atoms with Crippen LogP contribution in [0.5, 0.6) is 5.75 Å². The van der Waals surface area contributed by atoms with Gasteiger partial charge in [0.25, 0.3) is 0 Å². The van der Waals surface area contributed by atoms with E-state index in [0.29, 0.717) is 0 Å². The Morgan fingerprint density at radius 1 is 1.00 bits per heavy atom. The predicted molar refractivity (Wildman–Crippen MR) is 89.0 cm³/mol. The Hall–Kier alpha value is -2.75. The van der Waals surface area contributed by atoms with Crippen molar-refractivity contribution in [2.45, 2.75) is 6.92 Å².